The number of nitrogens with one attached hydrogen (secondary N) is 1. The van der Waals surface area contributed by atoms with E-state index in [9.17, 15) is 9.18 Å². The van der Waals surface area contributed by atoms with Crippen LogP contribution in [0.25, 0.3) is 0 Å². The molecule has 1 aliphatic carbocycles. The predicted octanol–water partition coefficient (Wildman–Crippen LogP) is 2.78. The van der Waals surface area contributed by atoms with E-state index >= 15 is 0 Å². The number of rotatable bonds is 7. The maximum Gasteiger partial charge on any atom is 0.147 e. The minimum Gasteiger partial charge on any atom is -0.310 e. The maximum atomic E-state index is 14.4. The van der Waals surface area contributed by atoms with Gasteiger partial charge in [-0.15, -0.1) is 9.24 Å². The fourth-order valence-electron chi connectivity index (χ4n) is 2.87. The van der Waals surface area contributed by atoms with E-state index in [2.05, 4.69) is 14.6 Å². The minimum atomic E-state index is -0.310. The third-order valence-corrected chi connectivity index (χ3v) is 4.64. The Balaban J connectivity index is 2.27. The molecular formula is C16H23FNOP. The average molecular weight is 295 g/mol. The number of ketones is 1. The first-order chi connectivity index (χ1) is 9.54. The van der Waals surface area contributed by atoms with Gasteiger partial charge in [0.15, 0.2) is 0 Å². The molecule has 1 N–H and O–H groups in total. The molecule has 3 atom stereocenters. The van der Waals surface area contributed by atoms with Gasteiger partial charge in [0, 0.05) is 11.2 Å². The summed E-state index contributed by atoms with van der Waals surface area (Å²) in [5.74, 6) is 0.574. The summed E-state index contributed by atoms with van der Waals surface area (Å²) in [4.78, 5) is 11.9. The highest BCUT2D eigenvalue weighted by molar-refractivity contribution is 7.27. The molecule has 1 aromatic carbocycles. The molecule has 0 aliphatic heterocycles. The highest BCUT2D eigenvalue weighted by Gasteiger charge is 2.30. The van der Waals surface area contributed by atoms with E-state index in [1.165, 1.54) is 12.8 Å². The molecule has 1 aromatic rings. The number of carbonyl (C=O) groups is 1. The van der Waals surface area contributed by atoms with Crippen molar-refractivity contribution in [2.24, 2.45) is 5.92 Å². The Morgan fingerprint density at radius 1 is 1.50 bits per heavy atom. The van der Waals surface area contributed by atoms with Gasteiger partial charge in [0.2, 0.25) is 0 Å². The van der Waals surface area contributed by atoms with Crippen molar-refractivity contribution in [1.82, 2.24) is 5.32 Å². The van der Waals surface area contributed by atoms with Crippen LogP contribution in [0.15, 0.2) is 18.2 Å². The summed E-state index contributed by atoms with van der Waals surface area (Å²) in [7, 11) is 4.20. The van der Waals surface area contributed by atoms with Gasteiger partial charge >= 0.3 is 0 Å². The molecule has 1 fully saturated rings. The van der Waals surface area contributed by atoms with Crippen molar-refractivity contribution in [2.75, 3.05) is 7.05 Å². The lowest BCUT2D eigenvalue weighted by Gasteiger charge is -2.26. The van der Waals surface area contributed by atoms with Crippen molar-refractivity contribution in [1.29, 1.82) is 0 Å². The summed E-state index contributed by atoms with van der Waals surface area (Å²) in [5.41, 5.74) is 0.660. The van der Waals surface area contributed by atoms with E-state index in [4.69, 9.17) is 0 Å². The fraction of sp³-hybridized carbons (Fsp3) is 0.562. The zero-order chi connectivity index (χ0) is 14.7. The van der Waals surface area contributed by atoms with E-state index in [0.29, 0.717) is 10.9 Å². The van der Waals surface area contributed by atoms with E-state index in [-0.39, 0.29) is 23.6 Å². The fourth-order valence-corrected chi connectivity index (χ4v) is 3.14. The number of likely N-dealkylation sites (N-methyl/N-ethyl adjacent to an activating group) is 1. The Morgan fingerprint density at radius 3 is 2.75 bits per heavy atom. The van der Waals surface area contributed by atoms with Crippen LogP contribution in [0.2, 0.25) is 0 Å². The van der Waals surface area contributed by atoms with Crippen molar-refractivity contribution in [3.8, 4) is 0 Å². The van der Waals surface area contributed by atoms with Gasteiger partial charge in [-0.25, -0.2) is 4.39 Å². The van der Waals surface area contributed by atoms with Gasteiger partial charge in [0.1, 0.15) is 11.6 Å². The number of hydrogen-bond donors (Lipinski definition) is 1. The van der Waals surface area contributed by atoms with Crippen LogP contribution in [0.4, 0.5) is 4.39 Å². The van der Waals surface area contributed by atoms with Crippen LogP contribution < -0.4 is 10.6 Å². The molecule has 3 unspecified atom stereocenters. The lowest BCUT2D eigenvalue weighted by atomic mass is 9.84. The third kappa shape index (κ3) is 3.65. The highest BCUT2D eigenvalue weighted by Crippen LogP contribution is 2.38. The molecule has 110 valence electrons. The molecular weight excluding hydrogens is 272 g/mol. The summed E-state index contributed by atoms with van der Waals surface area (Å²) < 4.78 is 14.4. The van der Waals surface area contributed by atoms with Crippen LogP contribution in [0.1, 0.15) is 44.1 Å². The molecule has 0 radical (unpaired) electrons. The molecule has 0 spiro atoms. The zero-order valence-electron chi connectivity index (χ0n) is 12.2. The predicted molar refractivity (Wildman–Crippen MR) is 84.0 cm³/mol. The quantitative estimate of drug-likeness (QED) is 0.784. The Hall–Kier alpha value is -0.790. The number of hydrogen-bond acceptors (Lipinski definition) is 2. The monoisotopic (exact) mass is 295 g/mol. The molecule has 0 amide bonds. The van der Waals surface area contributed by atoms with Crippen molar-refractivity contribution in [2.45, 2.75) is 44.6 Å². The SMILES string of the molecule is CNC(C(C)=O)C(CCC1CC1)c1cccc(P)c1F. The standard InChI is InChI=1S/C16H23FNOP/c1-10(19)16(18-2)13(9-8-11-6-7-11)12-4-3-5-14(20)15(12)17/h3-5,11,13,16,18H,6-9,20H2,1-2H3. The molecule has 1 saturated carbocycles. The van der Waals surface area contributed by atoms with E-state index in [0.717, 1.165) is 18.8 Å². The third-order valence-electron chi connectivity index (χ3n) is 4.19. The van der Waals surface area contributed by atoms with E-state index in [1.807, 2.05) is 12.1 Å². The second kappa shape index (κ2) is 6.78. The maximum absolute atomic E-state index is 14.4. The molecule has 20 heavy (non-hydrogen) atoms. The van der Waals surface area contributed by atoms with Gasteiger partial charge in [-0.3, -0.25) is 4.79 Å². The van der Waals surface area contributed by atoms with Gasteiger partial charge in [-0.2, -0.15) is 0 Å². The molecule has 2 rings (SSSR count). The Labute approximate surface area is 122 Å². The lowest BCUT2D eigenvalue weighted by Crippen LogP contribution is -2.39. The van der Waals surface area contributed by atoms with Gasteiger partial charge in [0.05, 0.1) is 6.04 Å². The molecule has 1 aliphatic rings. The van der Waals surface area contributed by atoms with Crippen molar-refractivity contribution in [3.05, 3.63) is 29.6 Å². The number of Topliss-reactive ketones (excluding diaryl/α,β-unsaturated/α-hetero) is 1. The second-order valence-electron chi connectivity index (χ2n) is 5.75. The first kappa shape index (κ1) is 15.6. The average Bonchev–Trinajstić information content (AvgIpc) is 3.22. The van der Waals surface area contributed by atoms with Crippen LogP contribution >= 0.6 is 9.24 Å². The lowest BCUT2D eigenvalue weighted by molar-refractivity contribution is -0.119. The number of halogens is 1. The van der Waals surface area contributed by atoms with Crippen LogP contribution in [0, 0.1) is 11.7 Å². The topological polar surface area (TPSA) is 29.1 Å². The summed E-state index contributed by atoms with van der Waals surface area (Å²) >= 11 is 0. The van der Waals surface area contributed by atoms with Crippen LogP contribution in [0.5, 0.6) is 0 Å². The Bertz CT molecular complexity index is 487. The van der Waals surface area contributed by atoms with Gasteiger partial charge in [-0.1, -0.05) is 31.0 Å². The van der Waals surface area contributed by atoms with Crippen LogP contribution in [0.3, 0.4) is 0 Å². The summed E-state index contributed by atoms with van der Waals surface area (Å²) in [6.07, 6.45) is 4.50. The Kier molecular flexibility index (Phi) is 5.29. The van der Waals surface area contributed by atoms with Crippen LogP contribution in [-0.2, 0) is 4.79 Å². The molecule has 2 nitrogen and oxygen atoms in total. The van der Waals surface area contributed by atoms with Crippen LogP contribution in [-0.4, -0.2) is 18.9 Å². The van der Waals surface area contributed by atoms with E-state index in [1.54, 1.807) is 20.0 Å². The zero-order valence-corrected chi connectivity index (χ0v) is 13.3. The van der Waals surface area contributed by atoms with Crippen molar-refractivity contribution < 1.29 is 9.18 Å². The van der Waals surface area contributed by atoms with Gasteiger partial charge < -0.3 is 5.32 Å². The normalized spacial score (nSPS) is 17.8. The summed E-state index contributed by atoms with van der Waals surface area (Å²) in [5, 5.41) is 3.63. The van der Waals surface area contributed by atoms with Crippen molar-refractivity contribution >= 4 is 20.3 Å². The first-order valence-corrected chi connectivity index (χ1v) is 7.84. The second-order valence-corrected chi connectivity index (χ2v) is 6.38. The summed E-state index contributed by atoms with van der Waals surface area (Å²) in [6, 6.07) is 5.10. The number of benzene rings is 1. The van der Waals surface area contributed by atoms with Gasteiger partial charge in [0.25, 0.3) is 0 Å². The molecule has 0 heterocycles. The van der Waals surface area contributed by atoms with Crippen molar-refractivity contribution in [3.63, 3.8) is 0 Å². The molecule has 0 aromatic heterocycles. The first-order valence-electron chi connectivity index (χ1n) is 7.26. The largest absolute Gasteiger partial charge is 0.310 e. The minimum absolute atomic E-state index is 0.0712. The smallest absolute Gasteiger partial charge is 0.147 e. The van der Waals surface area contributed by atoms with E-state index < -0.39 is 0 Å². The Morgan fingerprint density at radius 2 is 2.20 bits per heavy atom. The summed E-state index contributed by atoms with van der Waals surface area (Å²) in [6.45, 7) is 1.58. The van der Waals surface area contributed by atoms with Gasteiger partial charge in [-0.05, 0) is 38.3 Å². The molecule has 0 bridgehead atoms. The number of carbonyl (C=O) groups excluding carboxylic acids is 1. The molecule has 0 saturated heterocycles. The molecule has 4 heteroatoms. The highest BCUT2D eigenvalue weighted by atomic mass is 31.0.